The average Bonchev–Trinajstić information content (AvgIpc) is 3.68. The zero-order valence-electron chi connectivity index (χ0n) is 25.7. The first kappa shape index (κ1) is 31.9. The summed E-state index contributed by atoms with van der Waals surface area (Å²) in [6.45, 7) is 7.88. The number of thiophene rings is 1. The van der Waals surface area contributed by atoms with Crippen LogP contribution in [0.15, 0.2) is 52.6 Å². The van der Waals surface area contributed by atoms with Gasteiger partial charge in [0.15, 0.2) is 0 Å². The number of piperidine rings is 1. The number of phenols is 1. The molecule has 1 spiro atoms. The van der Waals surface area contributed by atoms with Crippen molar-refractivity contribution >= 4 is 38.8 Å². The van der Waals surface area contributed by atoms with Gasteiger partial charge >= 0.3 is 4.87 Å². The summed E-state index contributed by atoms with van der Waals surface area (Å²) >= 11 is 2.68. The highest BCUT2D eigenvalue weighted by Crippen LogP contribution is 2.33. The van der Waals surface area contributed by atoms with E-state index in [0.717, 1.165) is 68.6 Å². The number of H-pyrrole nitrogens is 1. The van der Waals surface area contributed by atoms with Gasteiger partial charge < -0.3 is 30.2 Å². The Bertz CT molecular complexity index is 1670. The fourth-order valence-electron chi connectivity index (χ4n) is 6.52. The second-order valence-corrected chi connectivity index (χ2v) is 14.2. The molecule has 2 fully saturated rings. The van der Waals surface area contributed by atoms with E-state index < -0.39 is 6.10 Å². The number of likely N-dealkylation sites (tertiary alicyclic amines) is 1. The van der Waals surface area contributed by atoms with Crippen LogP contribution in [0.5, 0.6) is 5.75 Å². The lowest BCUT2D eigenvalue weighted by molar-refractivity contribution is -0.127. The minimum Gasteiger partial charge on any atom is -0.506 e. The highest BCUT2D eigenvalue weighted by molar-refractivity contribution is 7.16. The second kappa shape index (κ2) is 14.1. The molecule has 45 heavy (non-hydrogen) atoms. The molecule has 0 aliphatic carbocycles. The van der Waals surface area contributed by atoms with Crippen molar-refractivity contribution in [3.63, 3.8) is 0 Å². The number of thiazole rings is 1. The number of benzene rings is 2. The van der Waals surface area contributed by atoms with Gasteiger partial charge in [-0.25, -0.2) is 0 Å². The number of aliphatic hydroxyl groups excluding tert-OH is 1. The summed E-state index contributed by atoms with van der Waals surface area (Å²) in [5, 5.41) is 26.1. The number of aromatic amines is 1. The summed E-state index contributed by atoms with van der Waals surface area (Å²) in [5.74, 6) is 0.142. The number of aliphatic hydroxyl groups is 1. The number of rotatable bonds is 11. The standard InChI is InChI=1S/C34H42N4O5S2/c1-2-4-26-18-25(21-44-26)32(41)38-15-16-43-34(22-38)10-13-37(14-11-34)20-24-6-3-5-23(17-24)9-12-35-19-29(40)27-7-8-28(39)30-31(27)45-33(42)36-30/h3,5-8,17-18,21,29,35,39-40H,2,4,9-16,19-20,22H2,1H3,(H,36,42). The molecule has 2 aliphatic heterocycles. The molecule has 1 atom stereocenters. The third-order valence-electron chi connectivity index (χ3n) is 8.97. The molecule has 1 amide bonds. The van der Waals surface area contributed by atoms with Crippen molar-refractivity contribution in [1.82, 2.24) is 20.1 Å². The third-order valence-corrected chi connectivity index (χ3v) is 10.9. The van der Waals surface area contributed by atoms with Gasteiger partial charge in [-0.2, -0.15) is 0 Å². The van der Waals surface area contributed by atoms with Gasteiger partial charge in [0, 0.05) is 48.5 Å². The van der Waals surface area contributed by atoms with Gasteiger partial charge in [-0.05, 0) is 55.5 Å². The quantitative estimate of drug-likeness (QED) is 0.174. The van der Waals surface area contributed by atoms with E-state index in [2.05, 4.69) is 52.5 Å². The Labute approximate surface area is 271 Å². The maximum Gasteiger partial charge on any atom is 0.305 e. The monoisotopic (exact) mass is 650 g/mol. The minimum absolute atomic E-state index is 0.00667. The molecule has 4 aromatic rings. The summed E-state index contributed by atoms with van der Waals surface area (Å²) in [6.07, 6.45) is 3.98. The van der Waals surface area contributed by atoms with Gasteiger partial charge in [-0.15, -0.1) is 11.3 Å². The predicted molar refractivity (Wildman–Crippen MR) is 179 cm³/mol. The van der Waals surface area contributed by atoms with E-state index in [4.69, 9.17) is 4.74 Å². The molecular formula is C34H42N4O5S2. The highest BCUT2D eigenvalue weighted by atomic mass is 32.1. The first-order valence-corrected chi connectivity index (χ1v) is 17.6. The van der Waals surface area contributed by atoms with Gasteiger partial charge in [-0.1, -0.05) is 55.0 Å². The number of carbonyl (C=O) groups excluding carboxylic acids is 1. The van der Waals surface area contributed by atoms with Crippen LogP contribution in [0.25, 0.3) is 10.2 Å². The van der Waals surface area contributed by atoms with E-state index in [1.54, 1.807) is 17.4 Å². The number of carbonyl (C=O) groups is 1. The third kappa shape index (κ3) is 7.51. The molecule has 2 aliphatic rings. The Morgan fingerprint density at radius 2 is 1.96 bits per heavy atom. The normalized spacial score (nSPS) is 17.7. The van der Waals surface area contributed by atoms with Crippen molar-refractivity contribution in [2.45, 2.75) is 57.3 Å². The van der Waals surface area contributed by atoms with Crippen molar-refractivity contribution < 1.29 is 19.7 Å². The Morgan fingerprint density at radius 3 is 2.78 bits per heavy atom. The number of fused-ring (bicyclic) bond motifs is 1. The molecule has 2 saturated heterocycles. The number of aromatic nitrogens is 1. The molecule has 6 rings (SSSR count). The van der Waals surface area contributed by atoms with Crippen LogP contribution in [0.2, 0.25) is 0 Å². The number of phenolic OH excluding ortho intramolecular Hbond substituents is 1. The van der Waals surface area contributed by atoms with Crippen LogP contribution in [0.1, 0.15) is 64.2 Å². The number of ether oxygens (including phenoxy) is 1. The van der Waals surface area contributed by atoms with E-state index >= 15 is 0 Å². The fraction of sp³-hybridized carbons (Fsp3) is 0.471. The number of nitrogens with one attached hydrogen (secondary N) is 2. The number of morpholine rings is 1. The first-order chi connectivity index (χ1) is 21.8. The van der Waals surface area contributed by atoms with Crippen LogP contribution in [-0.4, -0.2) is 82.4 Å². The highest BCUT2D eigenvalue weighted by Gasteiger charge is 2.41. The number of aromatic hydroxyl groups is 1. The summed E-state index contributed by atoms with van der Waals surface area (Å²) in [6, 6.07) is 13.9. The Morgan fingerprint density at radius 1 is 1.13 bits per heavy atom. The van der Waals surface area contributed by atoms with Crippen LogP contribution >= 0.6 is 22.7 Å². The Balaban J connectivity index is 0.963. The minimum atomic E-state index is -0.791. The average molecular weight is 651 g/mol. The molecule has 0 bridgehead atoms. The molecule has 4 heterocycles. The van der Waals surface area contributed by atoms with Crippen molar-refractivity contribution in [3.05, 3.63) is 84.6 Å². The maximum absolute atomic E-state index is 13.3. The van der Waals surface area contributed by atoms with E-state index in [-0.39, 0.29) is 22.1 Å². The number of hydrogen-bond acceptors (Lipinski definition) is 9. The summed E-state index contributed by atoms with van der Waals surface area (Å²) in [4.78, 5) is 33.2. The first-order valence-electron chi connectivity index (χ1n) is 15.9. The van der Waals surface area contributed by atoms with Crippen LogP contribution in [-0.2, 0) is 24.1 Å². The largest absolute Gasteiger partial charge is 0.506 e. The van der Waals surface area contributed by atoms with Crippen LogP contribution in [0.4, 0.5) is 0 Å². The lowest BCUT2D eigenvalue weighted by atomic mass is 9.89. The molecule has 0 saturated carbocycles. The molecule has 11 heteroatoms. The molecule has 9 nitrogen and oxygen atoms in total. The number of amides is 1. The van der Waals surface area contributed by atoms with Crippen LogP contribution in [0, 0.1) is 0 Å². The lowest BCUT2D eigenvalue weighted by Crippen LogP contribution is -2.57. The zero-order valence-corrected chi connectivity index (χ0v) is 27.4. The molecule has 240 valence electrons. The van der Waals surface area contributed by atoms with Gasteiger partial charge in [0.25, 0.3) is 5.91 Å². The summed E-state index contributed by atoms with van der Waals surface area (Å²) in [5.41, 5.74) is 4.08. The summed E-state index contributed by atoms with van der Waals surface area (Å²) < 4.78 is 6.93. The maximum atomic E-state index is 13.3. The second-order valence-electron chi connectivity index (χ2n) is 12.3. The zero-order chi connectivity index (χ0) is 31.4. The Hall–Kier alpha value is -3.06. The van der Waals surface area contributed by atoms with Crippen LogP contribution in [0.3, 0.4) is 0 Å². The number of nitrogens with zero attached hydrogens (tertiary/aromatic N) is 2. The number of aryl methyl sites for hydroxylation is 1. The van der Waals surface area contributed by atoms with Gasteiger partial charge in [-0.3, -0.25) is 14.5 Å². The van der Waals surface area contributed by atoms with Crippen molar-refractivity contribution in [2.75, 3.05) is 45.9 Å². The van der Waals surface area contributed by atoms with Crippen molar-refractivity contribution in [2.24, 2.45) is 0 Å². The van der Waals surface area contributed by atoms with Crippen molar-refractivity contribution in [1.29, 1.82) is 0 Å². The molecule has 2 aromatic heterocycles. The Kier molecular flexibility index (Phi) is 10.0. The van der Waals surface area contributed by atoms with Crippen LogP contribution < -0.4 is 10.2 Å². The smallest absolute Gasteiger partial charge is 0.305 e. The van der Waals surface area contributed by atoms with E-state index in [1.807, 2.05) is 10.3 Å². The molecule has 2 aromatic carbocycles. The summed E-state index contributed by atoms with van der Waals surface area (Å²) in [7, 11) is 0. The molecular weight excluding hydrogens is 609 g/mol. The van der Waals surface area contributed by atoms with E-state index in [9.17, 15) is 19.8 Å². The SMILES string of the molecule is CCCc1cc(C(=O)N2CCOC3(CCN(Cc4cccc(CCNCC(O)c5ccc(O)c6[nH]c(=O)sc56)c4)CC3)C2)cs1. The van der Waals surface area contributed by atoms with Crippen molar-refractivity contribution in [3.8, 4) is 5.75 Å². The molecule has 1 unspecified atom stereocenters. The van der Waals surface area contributed by atoms with Gasteiger partial charge in [0.2, 0.25) is 0 Å². The van der Waals surface area contributed by atoms with Gasteiger partial charge in [0.05, 0.1) is 35.1 Å². The molecule has 0 radical (unpaired) electrons. The molecule has 4 N–H and O–H groups in total. The lowest BCUT2D eigenvalue weighted by Gasteiger charge is -2.47. The van der Waals surface area contributed by atoms with Gasteiger partial charge in [0.1, 0.15) is 11.3 Å². The predicted octanol–water partition coefficient (Wildman–Crippen LogP) is 4.68. The number of hydrogen-bond donors (Lipinski definition) is 4. The fourth-order valence-corrected chi connectivity index (χ4v) is 8.40. The van der Waals surface area contributed by atoms with E-state index in [1.165, 1.54) is 22.1 Å². The topological polar surface area (TPSA) is 118 Å². The van der Waals surface area contributed by atoms with E-state index in [0.29, 0.717) is 48.6 Å².